The molecule has 0 saturated heterocycles. The van der Waals surface area contributed by atoms with Crippen molar-refractivity contribution in [1.29, 1.82) is 0 Å². The van der Waals surface area contributed by atoms with Crippen LogP contribution in [0.15, 0.2) is 30.3 Å². The molecule has 2 heterocycles. The monoisotopic (exact) mass is 312 g/mol. The van der Waals surface area contributed by atoms with Crippen LogP contribution in [0.25, 0.3) is 5.95 Å². The van der Waals surface area contributed by atoms with Crippen molar-refractivity contribution in [1.82, 2.24) is 19.7 Å². The normalized spacial score (nSPS) is 10.8. The highest BCUT2D eigenvalue weighted by Gasteiger charge is 2.10. The highest BCUT2D eigenvalue weighted by Crippen LogP contribution is 2.20. The lowest BCUT2D eigenvalue weighted by molar-refractivity contribution is 0.619. The third-order valence-corrected chi connectivity index (χ3v) is 3.36. The van der Waals surface area contributed by atoms with E-state index >= 15 is 0 Å². The van der Waals surface area contributed by atoms with Gasteiger partial charge in [-0.1, -0.05) is 0 Å². The van der Waals surface area contributed by atoms with Crippen LogP contribution in [-0.4, -0.2) is 19.7 Å². The smallest absolute Gasteiger partial charge is 0.254 e. The molecule has 0 aliphatic rings. The van der Waals surface area contributed by atoms with E-state index in [1.807, 2.05) is 19.9 Å². The maximum Gasteiger partial charge on any atom is 0.254 e. The van der Waals surface area contributed by atoms with Gasteiger partial charge in [-0.25, -0.2) is 9.07 Å². The van der Waals surface area contributed by atoms with Crippen LogP contribution in [0.1, 0.15) is 17.0 Å². The summed E-state index contributed by atoms with van der Waals surface area (Å²) >= 11 is 0. The predicted octanol–water partition coefficient (Wildman–Crippen LogP) is 3.05. The Hall–Kier alpha value is -2.96. The summed E-state index contributed by atoms with van der Waals surface area (Å²) in [6.45, 7) is 5.52. The molecule has 0 saturated carbocycles. The number of benzene rings is 1. The molecule has 0 aliphatic carbocycles. The molecule has 0 radical (unpaired) electrons. The Bertz CT molecular complexity index is 871. The lowest BCUT2D eigenvalue weighted by Crippen LogP contribution is -2.09. The second-order valence-electron chi connectivity index (χ2n) is 5.41. The average Bonchev–Trinajstić information content (AvgIpc) is 2.81. The molecule has 2 aromatic heterocycles. The topological polar surface area (TPSA) is 81.7 Å². The fraction of sp³-hybridized carbons (Fsp3) is 0.188. The van der Waals surface area contributed by atoms with E-state index < -0.39 is 0 Å². The Labute approximate surface area is 133 Å². The third-order valence-electron chi connectivity index (χ3n) is 3.36. The van der Waals surface area contributed by atoms with Crippen LogP contribution in [-0.2, 0) is 0 Å². The predicted molar refractivity (Wildman–Crippen MR) is 87.5 cm³/mol. The highest BCUT2D eigenvalue weighted by atomic mass is 19.1. The molecule has 0 bridgehead atoms. The van der Waals surface area contributed by atoms with Crippen molar-refractivity contribution in [2.24, 2.45) is 0 Å². The van der Waals surface area contributed by atoms with Gasteiger partial charge in [0.25, 0.3) is 5.95 Å². The minimum Gasteiger partial charge on any atom is -0.383 e. The summed E-state index contributed by atoms with van der Waals surface area (Å²) < 4.78 is 15.0. The van der Waals surface area contributed by atoms with Crippen molar-refractivity contribution in [3.05, 3.63) is 53.1 Å². The minimum absolute atomic E-state index is 0.249. The summed E-state index contributed by atoms with van der Waals surface area (Å²) in [4.78, 5) is 8.65. The number of rotatable bonds is 3. The zero-order valence-electron chi connectivity index (χ0n) is 13.1. The largest absolute Gasteiger partial charge is 0.383 e. The van der Waals surface area contributed by atoms with Crippen LogP contribution in [0.5, 0.6) is 0 Å². The molecular weight excluding hydrogens is 295 g/mol. The van der Waals surface area contributed by atoms with Gasteiger partial charge in [0.05, 0.1) is 5.69 Å². The molecule has 0 unspecified atom stereocenters. The molecule has 3 N–H and O–H groups in total. The first kappa shape index (κ1) is 15.0. The molecule has 0 aliphatic heterocycles. The number of hydrogen-bond acceptors (Lipinski definition) is 5. The minimum atomic E-state index is -0.249. The van der Waals surface area contributed by atoms with Crippen molar-refractivity contribution < 1.29 is 4.39 Å². The lowest BCUT2D eigenvalue weighted by atomic mass is 10.2. The fourth-order valence-electron chi connectivity index (χ4n) is 2.31. The molecule has 0 atom stereocenters. The van der Waals surface area contributed by atoms with Gasteiger partial charge in [-0.15, -0.1) is 0 Å². The van der Waals surface area contributed by atoms with E-state index in [0.29, 0.717) is 23.1 Å². The summed E-state index contributed by atoms with van der Waals surface area (Å²) in [5, 5.41) is 7.46. The van der Waals surface area contributed by atoms with Gasteiger partial charge in [-0.05, 0) is 50.6 Å². The first-order chi connectivity index (χ1) is 10.9. The van der Waals surface area contributed by atoms with Crippen molar-refractivity contribution in [2.45, 2.75) is 20.8 Å². The molecule has 0 amide bonds. The molecule has 7 heteroatoms. The van der Waals surface area contributed by atoms with Crippen LogP contribution in [0.2, 0.25) is 0 Å². The summed E-state index contributed by atoms with van der Waals surface area (Å²) in [5.41, 5.74) is 8.93. The van der Waals surface area contributed by atoms with Crippen LogP contribution >= 0.6 is 0 Å². The number of nitrogens with one attached hydrogen (secondary N) is 1. The number of halogens is 1. The summed E-state index contributed by atoms with van der Waals surface area (Å²) in [6, 6.07) is 8.31. The standard InChI is InChI=1S/C16H17FN6/c1-9-6-12(4-5-13(9)17)19-15-8-14(18)20-16(21-15)23-11(3)7-10(2)22-23/h4-8H,1-3H3,(H3,18,19,20,21). The van der Waals surface area contributed by atoms with Gasteiger partial charge >= 0.3 is 0 Å². The number of nitrogens with zero attached hydrogens (tertiary/aromatic N) is 4. The molecule has 0 spiro atoms. The van der Waals surface area contributed by atoms with Gasteiger partial charge in [-0.3, -0.25) is 0 Å². The van der Waals surface area contributed by atoms with E-state index in [1.165, 1.54) is 6.07 Å². The number of aryl methyl sites for hydroxylation is 3. The molecule has 23 heavy (non-hydrogen) atoms. The van der Waals surface area contributed by atoms with Crippen LogP contribution in [0.3, 0.4) is 0 Å². The lowest BCUT2D eigenvalue weighted by Gasteiger charge is -2.10. The summed E-state index contributed by atoms with van der Waals surface area (Å²) in [7, 11) is 0. The Morgan fingerprint density at radius 1 is 1.09 bits per heavy atom. The van der Waals surface area contributed by atoms with E-state index in [-0.39, 0.29) is 5.82 Å². The van der Waals surface area contributed by atoms with Crippen molar-refractivity contribution in [3.63, 3.8) is 0 Å². The van der Waals surface area contributed by atoms with E-state index in [0.717, 1.165) is 17.1 Å². The molecule has 6 nitrogen and oxygen atoms in total. The second-order valence-corrected chi connectivity index (χ2v) is 5.41. The van der Waals surface area contributed by atoms with Crippen LogP contribution in [0, 0.1) is 26.6 Å². The maximum absolute atomic E-state index is 13.3. The average molecular weight is 312 g/mol. The molecule has 1 aromatic carbocycles. The van der Waals surface area contributed by atoms with Crippen molar-refractivity contribution in [3.8, 4) is 5.95 Å². The van der Waals surface area contributed by atoms with Gasteiger partial charge in [0.15, 0.2) is 0 Å². The number of nitrogens with two attached hydrogens (primary N) is 1. The van der Waals surface area contributed by atoms with Gasteiger partial charge in [0, 0.05) is 17.4 Å². The Balaban J connectivity index is 1.97. The number of hydrogen-bond donors (Lipinski definition) is 2. The number of nitrogen functional groups attached to an aromatic ring is 1. The first-order valence-electron chi connectivity index (χ1n) is 7.14. The SMILES string of the molecule is Cc1cc(C)n(-c2nc(N)cc(Nc3ccc(F)c(C)c3)n2)n1. The van der Waals surface area contributed by atoms with Gasteiger partial charge < -0.3 is 11.1 Å². The zero-order valence-corrected chi connectivity index (χ0v) is 13.1. The van der Waals surface area contributed by atoms with Crippen molar-refractivity contribution in [2.75, 3.05) is 11.1 Å². The summed E-state index contributed by atoms with van der Waals surface area (Å²) in [6.07, 6.45) is 0. The number of aromatic nitrogens is 4. The van der Waals surface area contributed by atoms with Crippen LogP contribution < -0.4 is 11.1 Å². The van der Waals surface area contributed by atoms with E-state index in [2.05, 4.69) is 20.4 Å². The van der Waals surface area contributed by atoms with E-state index in [9.17, 15) is 4.39 Å². The molecule has 3 rings (SSSR count). The van der Waals surface area contributed by atoms with E-state index in [4.69, 9.17) is 5.73 Å². The Morgan fingerprint density at radius 3 is 2.52 bits per heavy atom. The Morgan fingerprint density at radius 2 is 1.87 bits per heavy atom. The van der Waals surface area contributed by atoms with Crippen LogP contribution in [0.4, 0.5) is 21.7 Å². The van der Waals surface area contributed by atoms with Gasteiger partial charge in [0.2, 0.25) is 0 Å². The zero-order chi connectivity index (χ0) is 16.6. The molecular formula is C16H17FN6. The second kappa shape index (κ2) is 5.68. The fourth-order valence-corrected chi connectivity index (χ4v) is 2.31. The quantitative estimate of drug-likeness (QED) is 0.777. The van der Waals surface area contributed by atoms with E-state index in [1.54, 1.807) is 29.8 Å². The first-order valence-corrected chi connectivity index (χ1v) is 7.14. The third kappa shape index (κ3) is 3.13. The van der Waals surface area contributed by atoms with Crippen molar-refractivity contribution >= 4 is 17.3 Å². The molecule has 3 aromatic rings. The highest BCUT2D eigenvalue weighted by molar-refractivity contribution is 5.60. The molecule has 0 fully saturated rings. The Kier molecular flexibility index (Phi) is 3.69. The van der Waals surface area contributed by atoms with Gasteiger partial charge in [-0.2, -0.15) is 15.1 Å². The molecule has 118 valence electrons. The maximum atomic E-state index is 13.3. The summed E-state index contributed by atoms with van der Waals surface area (Å²) in [5.74, 6) is 0.980. The van der Waals surface area contributed by atoms with Gasteiger partial charge in [0.1, 0.15) is 17.5 Å². The number of anilines is 3.